The van der Waals surface area contributed by atoms with E-state index in [1.54, 1.807) is 4.70 Å². The molecule has 1 aliphatic rings. The first-order valence-corrected chi connectivity index (χ1v) is 2.86. The predicted octanol–water partition coefficient (Wildman–Crippen LogP) is 1.21. The Labute approximate surface area is 43.6 Å². The predicted molar refractivity (Wildman–Crippen MR) is 26.6 cm³/mol. The number of rotatable bonds is 0. The van der Waals surface area contributed by atoms with Crippen molar-refractivity contribution in [3.8, 4) is 0 Å². The quantitative estimate of drug-likeness (QED) is 0.442. The van der Waals surface area contributed by atoms with Gasteiger partial charge in [-0.15, -0.1) is 4.70 Å². The van der Waals surface area contributed by atoms with Gasteiger partial charge in [-0.3, -0.25) is 0 Å². The lowest BCUT2D eigenvalue weighted by atomic mass is 10.2. The summed E-state index contributed by atoms with van der Waals surface area (Å²) in [7, 11) is 0. The van der Waals surface area contributed by atoms with Crippen LogP contribution in [0.15, 0.2) is 0 Å². The van der Waals surface area contributed by atoms with Crippen molar-refractivity contribution in [1.29, 1.82) is 5.53 Å². The van der Waals surface area contributed by atoms with Crippen LogP contribution in [-0.2, 0) is 0 Å². The average Bonchev–Trinajstić information content (AvgIpc) is 1.69. The van der Waals surface area contributed by atoms with Crippen molar-refractivity contribution in [3.63, 3.8) is 0 Å². The van der Waals surface area contributed by atoms with E-state index in [9.17, 15) is 0 Å². The van der Waals surface area contributed by atoms with Gasteiger partial charge in [0.05, 0.1) is 0 Å². The summed E-state index contributed by atoms with van der Waals surface area (Å²) in [5, 5.41) is 0. The smallest absolute Gasteiger partial charge is 0.130 e. The molecule has 0 amide bonds. The largest absolute Gasteiger partial charge is 0.167 e. The summed E-state index contributed by atoms with van der Waals surface area (Å²) < 4.78 is 1.64. The number of piperidine rings is 1. The van der Waals surface area contributed by atoms with Crippen molar-refractivity contribution in [3.05, 3.63) is 0 Å². The molecule has 0 aromatic carbocycles. The maximum absolute atomic E-state index is 7.11. The molecule has 0 unspecified atom stereocenters. The molecule has 40 valence electrons. The third kappa shape index (κ3) is 1.26. The first-order chi connectivity index (χ1) is 3.39. The summed E-state index contributed by atoms with van der Waals surface area (Å²) in [5.74, 6) is 0. The topological polar surface area (TPSA) is 26.9 Å². The highest BCUT2D eigenvalue weighted by Gasteiger charge is 2.08. The summed E-state index contributed by atoms with van der Waals surface area (Å²) in [6.45, 7) is 1.97. The maximum atomic E-state index is 7.11. The summed E-state index contributed by atoms with van der Waals surface area (Å²) in [4.78, 5) is 0. The minimum Gasteiger partial charge on any atom is -0.130 e. The van der Waals surface area contributed by atoms with Crippen molar-refractivity contribution in [2.24, 2.45) is 0 Å². The molecule has 0 bridgehead atoms. The molecule has 1 saturated heterocycles. The zero-order valence-corrected chi connectivity index (χ0v) is 4.48. The van der Waals surface area contributed by atoms with Crippen molar-refractivity contribution < 1.29 is 4.70 Å². The van der Waals surface area contributed by atoms with Gasteiger partial charge in [0.1, 0.15) is 0 Å². The van der Waals surface area contributed by atoms with Crippen LogP contribution >= 0.6 is 0 Å². The number of hydrogen-bond donors (Lipinski definition) is 1. The highest BCUT2D eigenvalue weighted by molar-refractivity contribution is 4.42. The molecule has 2 heteroatoms. The van der Waals surface area contributed by atoms with Crippen LogP contribution < -0.4 is 0 Å². The molecule has 1 N–H and O–H groups in total. The van der Waals surface area contributed by atoms with Gasteiger partial charge in [-0.1, -0.05) is 5.53 Å². The molecule has 7 heavy (non-hydrogen) atoms. The van der Waals surface area contributed by atoms with Crippen LogP contribution in [-0.4, -0.2) is 17.8 Å². The Hall–Kier alpha value is -0.400. The number of hydrogen-bond acceptors (Lipinski definition) is 1. The Kier molecular flexibility index (Phi) is 1.39. The van der Waals surface area contributed by atoms with Crippen LogP contribution in [0.3, 0.4) is 0 Å². The molecule has 0 spiro atoms. The Morgan fingerprint density at radius 1 is 1.00 bits per heavy atom. The van der Waals surface area contributed by atoms with Crippen LogP contribution in [0.2, 0.25) is 0 Å². The second kappa shape index (κ2) is 2.05. The molecule has 1 aliphatic heterocycles. The standard InChI is InChI=1S/C5H11N2/c6-7-4-2-1-3-5-7/h6H,1-5H2/q+1. The van der Waals surface area contributed by atoms with Gasteiger partial charge < -0.3 is 0 Å². The van der Waals surface area contributed by atoms with Crippen LogP contribution in [0.25, 0.3) is 0 Å². The molecule has 0 aliphatic carbocycles. The van der Waals surface area contributed by atoms with Gasteiger partial charge >= 0.3 is 0 Å². The molecule has 1 fully saturated rings. The van der Waals surface area contributed by atoms with Crippen molar-refractivity contribution in [1.82, 2.24) is 0 Å². The van der Waals surface area contributed by atoms with Gasteiger partial charge in [-0.25, -0.2) is 0 Å². The summed E-state index contributed by atoms with van der Waals surface area (Å²) >= 11 is 0. The maximum Gasteiger partial charge on any atom is 0.167 e. The lowest BCUT2D eigenvalue weighted by molar-refractivity contribution is -0.622. The van der Waals surface area contributed by atoms with E-state index in [2.05, 4.69) is 0 Å². The highest BCUT2D eigenvalue weighted by atomic mass is 15.2. The van der Waals surface area contributed by atoms with E-state index < -0.39 is 0 Å². The third-order valence-corrected chi connectivity index (χ3v) is 1.36. The summed E-state index contributed by atoms with van der Waals surface area (Å²) in [6.07, 6.45) is 3.78. The van der Waals surface area contributed by atoms with Crippen LogP contribution in [0, 0.1) is 5.53 Å². The Bertz CT molecular complexity index is 70.1. The molecule has 0 aromatic rings. The monoisotopic (exact) mass is 99.1 g/mol. The fourth-order valence-corrected chi connectivity index (χ4v) is 0.894. The minimum absolute atomic E-state index is 0.986. The van der Waals surface area contributed by atoms with E-state index in [1.807, 2.05) is 0 Å². The normalized spacial score (nSPS) is 22.6. The van der Waals surface area contributed by atoms with Gasteiger partial charge in [-0.2, -0.15) is 0 Å². The third-order valence-electron chi connectivity index (χ3n) is 1.36. The molecule has 1 heterocycles. The van der Waals surface area contributed by atoms with Gasteiger partial charge in [0.15, 0.2) is 13.1 Å². The molecular weight excluding hydrogens is 88.1 g/mol. The lowest BCUT2D eigenvalue weighted by Gasteiger charge is -2.02. The zero-order valence-electron chi connectivity index (χ0n) is 4.48. The van der Waals surface area contributed by atoms with Crippen molar-refractivity contribution >= 4 is 0 Å². The first-order valence-electron chi connectivity index (χ1n) is 2.86. The zero-order chi connectivity index (χ0) is 5.11. The number of nitrogens with zero attached hydrogens (tertiary/aromatic N) is 1. The molecule has 0 aromatic heterocycles. The van der Waals surface area contributed by atoms with Crippen LogP contribution in [0.1, 0.15) is 19.3 Å². The van der Waals surface area contributed by atoms with E-state index in [4.69, 9.17) is 5.53 Å². The lowest BCUT2D eigenvalue weighted by Crippen LogP contribution is -2.16. The van der Waals surface area contributed by atoms with E-state index in [0.717, 1.165) is 13.1 Å². The van der Waals surface area contributed by atoms with Crippen molar-refractivity contribution in [2.75, 3.05) is 13.1 Å². The van der Waals surface area contributed by atoms with Gasteiger partial charge in [0.2, 0.25) is 0 Å². The van der Waals surface area contributed by atoms with Crippen molar-refractivity contribution in [2.45, 2.75) is 19.3 Å². The Morgan fingerprint density at radius 3 is 1.86 bits per heavy atom. The fourth-order valence-electron chi connectivity index (χ4n) is 0.894. The highest BCUT2D eigenvalue weighted by Crippen LogP contribution is 2.01. The minimum atomic E-state index is 0.986. The second-order valence-electron chi connectivity index (χ2n) is 2.05. The second-order valence-corrected chi connectivity index (χ2v) is 2.05. The fraction of sp³-hybridized carbons (Fsp3) is 1.00. The SMILES string of the molecule is N=[N+]1CCCCC1. The average molecular weight is 99.2 g/mol. The first kappa shape index (κ1) is 4.75. The Balaban J connectivity index is 2.25. The van der Waals surface area contributed by atoms with Gasteiger partial charge in [0.25, 0.3) is 0 Å². The molecule has 1 rings (SSSR count). The molecule has 0 radical (unpaired) electrons. The summed E-state index contributed by atoms with van der Waals surface area (Å²) in [5.41, 5.74) is 7.11. The summed E-state index contributed by atoms with van der Waals surface area (Å²) in [6, 6.07) is 0. The van der Waals surface area contributed by atoms with E-state index in [1.165, 1.54) is 19.3 Å². The molecular formula is C5H11N2+. The van der Waals surface area contributed by atoms with Crippen LogP contribution in [0.5, 0.6) is 0 Å². The molecule has 2 nitrogen and oxygen atoms in total. The Morgan fingerprint density at radius 2 is 1.57 bits per heavy atom. The molecule has 0 saturated carbocycles. The van der Waals surface area contributed by atoms with Crippen LogP contribution in [0.4, 0.5) is 0 Å². The van der Waals surface area contributed by atoms with Gasteiger partial charge in [-0.05, 0) is 6.42 Å². The van der Waals surface area contributed by atoms with E-state index in [0.29, 0.717) is 0 Å². The van der Waals surface area contributed by atoms with E-state index >= 15 is 0 Å². The van der Waals surface area contributed by atoms with Gasteiger partial charge in [0, 0.05) is 12.8 Å². The molecule has 0 atom stereocenters. The number of nitrogens with one attached hydrogen (secondary N) is 1. The van der Waals surface area contributed by atoms with E-state index in [-0.39, 0.29) is 0 Å².